The first-order valence-electron chi connectivity index (χ1n) is 9.45. The highest BCUT2D eigenvalue weighted by atomic mass is 16.2. The summed E-state index contributed by atoms with van der Waals surface area (Å²) in [6.45, 7) is 6.92. The lowest BCUT2D eigenvalue weighted by atomic mass is 10.0. The fourth-order valence-corrected chi connectivity index (χ4v) is 3.32. The molecule has 2 aromatic heterocycles. The summed E-state index contributed by atoms with van der Waals surface area (Å²) >= 11 is 0. The van der Waals surface area contributed by atoms with Crippen LogP contribution in [0, 0.1) is 0 Å². The number of anilines is 1. The molecule has 0 bridgehead atoms. The van der Waals surface area contributed by atoms with E-state index >= 15 is 0 Å². The van der Waals surface area contributed by atoms with Gasteiger partial charge < -0.3 is 10.2 Å². The Bertz CT molecular complexity index is 749. The average Bonchev–Trinajstić information content (AvgIpc) is 2.68. The van der Waals surface area contributed by atoms with Crippen LogP contribution in [0.15, 0.2) is 30.5 Å². The fraction of sp³-hybridized carbons (Fsp3) is 0.500. The molecule has 2 aromatic rings. The summed E-state index contributed by atoms with van der Waals surface area (Å²) in [4.78, 5) is 28.3. The molecule has 26 heavy (non-hydrogen) atoms. The molecule has 1 N–H and O–H groups in total. The van der Waals surface area contributed by atoms with E-state index in [1.165, 1.54) is 6.42 Å². The smallest absolute Gasteiger partial charge is 0.245 e. The molecular weight excluding hydrogens is 326 g/mol. The van der Waals surface area contributed by atoms with Crippen molar-refractivity contribution < 1.29 is 4.79 Å². The normalized spacial score (nSPS) is 18.4. The Morgan fingerprint density at radius 3 is 2.88 bits per heavy atom. The van der Waals surface area contributed by atoms with E-state index < -0.39 is 0 Å². The fourth-order valence-electron chi connectivity index (χ4n) is 3.32. The number of nitrogens with one attached hydrogen (secondary N) is 1. The Morgan fingerprint density at radius 1 is 1.35 bits per heavy atom. The maximum absolute atomic E-state index is 12.8. The number of nitrogens with zero attached hydrogens (tertiary/aromatic N) is 4. The quantitative estimate of drug-likeness (QED) is 0.893. The predicted octanol–water partition coefficient (Wildman–Crippen LogP) is 3.30. The number of carbonyl (C=O) groups is 1. The van der Waals surface area contributed by atoms with Crippen LogP contribution in [0.3, 0.4) is 0 Å². The predicted molar refractivity (Wildman–Crippen MR) is 103 cm³/mol. The third-order valence-corrected chi connectivity index (χ3v) is 4.86. The molecule has 0 aliphatic carbocycles. The van der Waals surface area contributed by atoms with Crippen molar-refractivity contribution in [1.82, 2.24) is 19.9 Å². The molecule has 1 amide bonds. The summed E-state index contributed by atoms with van der Waals surface area (Å²) in [5, 5.41) is 3.27. The van der Waals surface area contributed by atoms with Gasteiger partial charge in [-0.05, 0) is 51.7 Å². The number of likely N-dealkylation sites (tertiary alicyclic amines) is 1. The van der Waals surface area contributed by atoms with Crippen molar-refractivity contribution in [2.75, 3.05) is 11.9 Å². The van der Waals surface area contributed by atoms with Crippen molar-refractivity contribution in [3.05, 3.63) is 36.2 Å². The molecule has 6 nitrogen and oxygen atoms in total. The van der Waals surface area contributed by atoms with E-state index in [0.717, 1.165) is 37.2 Å². The largest absolute Gasteiger partial charge is 0.358 e. The minimum Gasteiger partial charge on any atom is -0.358 e. The van der Waals surface area contributed by atoms with Gasteiger partial charge in [0, 0.05) is 30.5 Å². The second-order valence-electron chi connectivity index (χ2n) is 6.88. The first-order chi connectivity index (χ1) is 12.6. The maximum Gasteiger partial charge on any atom is 0.245 e. The molecule has 3 heterocycles. The number of pyridine rings is 1. The second-order valence-corrected chi connectivity index (χ2v) is 6.88. The zero-order valence-corrected chi connectivity index (χ0v) is 15.8. The van der Waals surface area contributed by atoms with Crippen molar-refractivity contribution in [3.8, 4) is 11.5 Å². The Labute approximate surface area is 155 Å². The number of amides is 1. The first kappa shape index (κ1) is 18.3. The van der Waals surface area contributed by atoms with Gasteiger partial charge in [-0.1, -0.05) is 13.0 Å². The number of piperidine rings is 1. The molecule has 2 unspecified atom stereocenters. The van der Waals surface area contributed by atoms with E-state index in [1.807, 2.05) is 36.1 Å². The van der Waals surface area contributed by atoms with E-state index in [4.69, 9.17) is 0 Å². The van der Waals surface area contributed by atoms with Crippen LogP contribution in [0.25, 0.3) is 11.5 Å². The number of carbonyl (C=O) groups excluding carboxylic acids is 1. The van der Waals surface area contributed by atoms with E-state index in [9.17, 15) is 4.79 Å². The number of hydrogen-bond donors (Lipinski definition) is 1. The number of hydrogen-bond acceptors (Lipinski definition) is 5. The second kappa shape index (κ2) is 8.25. The van der Waals surface area contributed by atoms with Gasteiger partial charge in [0.25, 0.3) is 0 Å². The van der Waals surface area contributed by atoms with Gasteiger partial charge in [-0.3, -0.25) is 9.78 Å². The van der Waals surface area contributed by atoms with Crippen molar-refractivity contribution in [2.45, 2.75) is 58.5 Å². The van der Waals surface area contributed by atoms with Gasteiger partial charge in [0.05, 0.1) is 0 Å². The minimum absolute atomic E-state index is 0.133. The van der Waals surface area contributed by atoms with Crippen LogP contribution < -0.4 is 5.32 Å². The van der Waals surface area contributed by atoms with Crippen LogP contribution >= 0.6 is 0 Å². The Morgan fingerprint density at radius 2 is 2.19 bits per heavy atom. The molecule has 0 aromatic carbocycles. The third-order valence-electron chi connectivity index (χ3n) is 4.86. The van der Waals surface area contributed by atoms with Crippen LogP contribution in [-0.2, 0) is 11.2 Å². The van der Waals surface area contributed by atoms with Crippen molar-refractivity contribution >= 4 is 11.7 Å². The van der Waals surface area contributed by atoms with Crippen LogP contribution in [0.2, 0.25) is 0 Å². The molecule has 0 saturated carbocycles. The summed E-state index contributed by atoms with van der Waals surface area (Å²) in [6.07, 6.45) is 5.89. The van der Waals surface area contributed by atoms with Gasteiger partial charge in [-0.2, -0.15) is 0 Å². The molecule has 0 radical (unpaired) electrons. The Hall–Kier alpha value is -2.50. The lowest BCUT2D eigenvalue weighted by molar-refractivity contribution is -0.134. The van der Waals surface area contributed by atoms with Gasteiger partial charge in [-0.15, -0.1) is 0 Å². The summed E-state index contributed by atoms with van der Waals surface area (Å²) < 4.78 is 0. The van der Waals surface area contributed by atoms with Crippen LogP contribution in [-0.4, -0.2) is 44.4 Å². The van der Waals surface area contributed by atoms with Gasteiger partial charge in [0.15, 0.2) is 5.82 Å². The lowest BCUT2D eigenvalue weighted by Crippen LogP contribution is -2.48. The topological polar surface area (TPSA) is 71.0 Å². The van der Waals surface area contributed by atoms with E-state index in [-0.39, 0.29) is 11.9 Å². The molecular formula is C20H27N5O. The van der Waals surface area contributed by atoms with Crippen molar-refractivity contribution in [2.24, 2.45) is 0 Å². The molecule has 1 fully saturated rings. The highest BCUT2D eigenvalue weighted by Crippen LogP contribution is 2.20. The van der Waals surface area contributed by atoms with Crippen molar-refractivity contribution in [3.63, 3.8) is 0 Å². The van der Waals surface area contributed by atoms with Crippen molar-refractivity contribution in [1.29, 1.82) is 0 Å². The Kier molecular flexibility index (Phi) is 5.81. The van der Waals surface area contributed by atoms with E-state index in [1.54, 1.807) is 6.20 Å². The first-order valence-corrected chi connectivity index (χ1v) is 9.45. The zero-order valence-electron chi connectivity index (χ0n) is 15.8. The molecule has 0 spiro atoms. The van der Waals surface area contributed by atoms with Gasteiger partial charge in [-0.25, -0.2) is 9.97 Å². The summed E-state index contributed by atoms with van der Waals surface area (Å²) in [6, 6.07) is 7.57. The molecule has 3 rings (SSSR count). The standard InChI is InChI=1S/C20H27N5O/c1-4-16-13-18(24-19(23-16)17-10-5-7-11-21-17)22-15(3)20(26)25-12-8-6-9-14(25)2/h5,7,10-11,13-15H,4,6,8-9,12H2,1-3H3,(H,22,23,24). The molecule has 1 aliphatic heterocycles. The van der Waals surface area contributed by atoms with Crippen LogP contribution in [0.1, 0.15) is 45.7 Å². The van der Waals surface area contributed by atoms with E-state index in [2.05, 4.69) is 34.1 Å². The third kappa shape index (κ3) is 4.18. The molecule has 6 heteroatoms. The van der Waals surface area contributed by atoms with Gasteiger partial charge >= 0.3 is 0 Å². The summed E-state index contributed by atoms with van der Waals surface area (Å²) in [5.74, 6) is 1.38. The average molecular weight is 353 g/mol. The monoisotopic (exact) mass is 353 g/mol. The maximum atomic E-state index is 12.8. The van der Waals surface area contributed by atoms with Crippen LogP contribution in [0.4, 0.5) is 5.82 Å². The summed E-state index contributed by atoms with van der Waals surface area (Å²) in [7, 11) is 0. The SMILES string of the molecule is CCc1cc(NC(C)C(=O)N2CCCCC2C)nc(-c2ccccn2)n1. The number of aryl methyl sites for hydroxylation is 1. The zero-order chi connectivity index (χ0) is 18.5. The number of aromatic nitrogens is 3. The minimum atomic E-state index is -0.327. The molecule has 1 aliphatic rings. The lowest BCUT2D eigenvalue weighted by Gasteiger charge is -2.35. The molecule has 138 valence electrons. The van der Waals surface area contributed by atoms with E-state index in [0.29, 0.717) is 17.7 Å². The highest BCUT2D eigenvalue weighted by Gasteiger charge is 2.27. The highest BCUT2D eigenvalue weighted by molar-refractivity contribution is 5.84. The van der Waals surface area contributed by atoms with Gasteiger partial charge in [0.1, 0.15) is 17.6 Å². The molecule has 2 atom stereocenters. The Balaban J connectivity index is 1.79. The molecule has 1 saturated heterocycles. The summed E-state index contributed by atoms with van der Waals surface area (Å²) in [5.41, 5.74) is 1.66. The van der Waals surface area contributed by atoms with Gasteiger partial charge in [0.2, 0.25) is 5.91 Å². The number of rotatable bonds is 5. The van der Waals surface area contributed by atoms with Crippen LogP contribution in [0.5, 0.6) is 0 Å².